The predicted molar refractivity (Wildman–Crippen MR) is 108 cm³/mol. The van der Waals surface area contributed by atoms with E-state index in [1.807, 2.05) is 55.5 Å². The topological polar surface area (TPSA) is 62.3 Å². The summed E-state index contributed by atoms with van der Waals surface area (Å²) in [6, 6.07) is 15.4. The van der Waals surface area contributed by atoms with Crippen molar-refractivity contribution >= 4 is 34.5 Å². The van der Waals surface area contributed by atoms with E-state index in [0.29, 0.717) is 17.8 Å². The van der Waals surface area contributed by atoms with Crippen LogP contribution in [0.2, 0.25) is 0 Å². The second kappa shape index (κ2) is 7.32. The van der Waals surface area contributed by atoms with Crippen molar-refractivity contribution in [1.82, 2.24) is 4.98 Å². The number of thiazole rings is 1. The molecule has 5 nitrogen and oxygen atoms in total. The molecular weight excluding hydrogens is 358 g/mol. The molecule has 0 spiro atoms. The molecule has 1 aliphatic rings. The molecule has 2 heterocycles. The van der Waals surface area contributed by atoms with Crippen LogP contribution in [0.5, 0.6) is 0 Å². The van der Waals surface area contributed by atoms with E-state index in [0.717, 1.165) is 29.2 Å². The second-order valence-corrected chi connectivity index (χ2v) is 7.41. The Labute approximate surface area is 161 Å². The second-order valence-electron chi connectivity index (χ2n) is 6.55. The van der Waals surface area contributed by atoms with E-state index in [1.165, 1.54) is 16.9 Å². The maximum Gasteiger partial charge on any atom is 0.275 e. The number of aromatic nitrogens is 1. The molecule has 1 saturated heterocycles. The van der Waals surface area contributed by atoms with Crippen LogP contribution in [-0.2, 0) is 4.79 Å². The predicted octanol–water partition coefficient (Wildman–Crippen LogP) is 4.50. The number of hydrogen-bond donors (Lipinski definition) is 1. The summed E-state index contributed by atoms with van der Waals surface area (Å²) in [6.07, 6.45) is 1.50. The molecule has 1 aliphatic heterocycles. The number of benzene rings is 2. The Bertz CT molecular complexity index is 977. The van der Waals surface area contributed by atoms with Crippen molar-refractivity contribution < 1.29 is 9.59 Å². The number of hydrogen-bond acceptors (Lipinski definition) is 4. The molecule has 0 radical (unpaired) electrons. The standard InChI is InChI=1S/C21H19N3O2S/c1-14-4-6-15(7-5-14)21-23-18(13-27-21)20(26)22-16-8-10-17(11-9-16)24-12-2-3-19(24)25/h4-11,13H,2-3,12H2,1H3,(H,22,26). The number of nitrogens with one attached hydrogen (secondary N) is 1. The first kappa shape index (κ1) is 17.4. The summed E-state index contributed by atoms with van der Waals surface area (Å²) in [5, 5.41) is 5.45. The molecule has 1 aromatic heterocycles. The molecule has 2 aromatic carbocycles. The van der Waals surface area contributed by atoms with Gasteiger partial charge in [0.1, 0.15) is 10.7 Å². The minimum atomic E-state index is -0.241. The quantitative estimate of drug-likeness (QED) is 0.728. The summed E-state index contributed by atoms with van der Waals surface area (Å²) < 4.78 is 0. The first-order chi connectivity index (χ1) is 13.1. The van der Waals surface area contributed by atoms with Gasteiger partial charge in [0.05, 0.1) is 0 Å². The van der Waals surface area contributed by atoms with Gasteiger partial charge in [-0.1, -0.05) is 29.8 Å². The first-order valence-corrected chi connectivity index (χ1v) is 9.72. The molecule has 0 aliphatic carbocycles. The Hall–Kier alpha value is -2.99. The monoisotopic (exact) mass is 377 g/mol. The molecule has 2 amide bonds. The summed E-state index contributed by atoms with van der Waals surface area (Å²) in [5.41, 5.74) is 4.14. The third-order valence-electron chi connectivity index (χ3n) is 4.55. The van der Waals surface area contributed by atoms with Crippen molar-refractivity contribution in [2.45, 2.75) is 19.8 Å². The van der Waals surface area contributed by atoms with Gasteiger partial charge in [0, 0.05) is 35.3 Å². The summed E-state index contributed by atoms with van der Waals surface area (Å²) >= 11 is 1.45. The fourth-order valence-electron chi connectivity index (χ4n) is 3.05. The zero-order valence-electron chi connectivity index (χ0n) is 14.9. The van der Waals surface area contributed by atoms with Gasteiger partial charge in [-0.2, -0.15) is 0 Å². The lowest BCUT2D eigenvalue weighted by Crippen LogP contribution is -2.23. The lowest BCUT2D eigenvalue weighted by Gasteiger charge is -2.16. The lowest BCUT2D eigenvalue weighted by molar-refractivity contribution is -0.117. The number of carbonyl (C=O) groups excluding carboxylic acids is 2. The van der Waals surface area contributed by atoms with Crippen LogP contribution < -0.4 is 10.2 Å². The number of carbonyl (C=O) groups is 2. The third kappa shape index (κ3) is 3.75. The molecule has 1 fully saturated rings. The smallest absolute Gasteiger partial charge is 0.275 e. The number of rotatable bonds is 4. The van der Waals surface area contributed by atoms with Crippen molar-refractivity contribution in [3.63, 3.8) is 0 Å². The lowest BCUT2D eigenvalue weighted by atomic mass is 10.2. The minimum Gasteiger partial charge on any atom is -0.321 e. The Kier molecular flexibility index (Phi) is 4.73. The van der Waals surface area contributed by atoms with Gasteiger partial charge in [-0.15, -0.1) is 11.3 Å². The molecule has 0 unspecified atom stereocenters. The maximum atomic E-state index is 12.5. The van der Waals surface area contributed by atoms with E-state index in [4.69, 9.17) is 0 Å². The van der Waals surface area contributed by atoms with E-state index in [9.17, 15) is 9.59 Å². The summed E-state index contributed by atoms with van der Waals surface area (Å²) in [7, 11) is 0. The van der Waals surface area contributed by atoms with Gasteiger partial charge >= 0.3 is 0 Å². The van der Waals surface area contributed by atoms with Gasteiger partial charge in [0.2, 0.25) is 5.91 Å². The van der Waals surface area contributed by atoms with E-state index in [-0.39, 0.29) is 11.8 Å². The SMILES string of the molecule is Cc1ccc(-c2nc(C(=O)Nc3ccc(N4CCCC4=O)cc3)cs2)cc1. The van der Waals surface area contributed by atoms with Gasteiger partial charge in [-0.25, -0.2) is 4.98 Å². The summed E-state index contributed by atoms with van der Waals surface area (Å²) in [6.45, 7) is 2.79. The van der Waals surface area contributed by atoms with Crippen LogP contribution in [0.25, 0.3) is 10.6 Å². The highest BCUT2D eigenvalue weighted by atomic mass is 32.1. The Morgan fingerprint density at radius 3 is 2.52 bits per heavy atom. The Morgan fingerprint density at radius 1 is 1.11 bits per heavy atom. The van der Waals surface area contributed by atoms with Gasteiger partial charge in [-0.05, 0) is 37.6 Å². The zero-order valence-corrected chi connectivity index (χ0v) is 15.8. The van der Waals surface area contributed by atoms with Crippen LogP contribution in [0, 0.1) is 6.92 Å². The van der Waals surface area contributed by atoms with Crippen LogP contribution in [0.3, 0.4) is 0 Å². The van der Waals surface area contributed by atoms with Gasteiger partial charge in [0.25, 0.3) is 5.91 Å². The average molecular weight is 377 g/mol. The van der Waals surface area contributed by atoms with E-state index in [1.54, 1.807) is 10.3 Å². The van der Waals surface area contributed by atoms with Gasteiger partial charge in [-0.3, -0.25) is 9.59 Å². The number of anilines is 2. The summed E-state index contributed by atoms with van der Waals surface area (Å²) in [5.74, 6) is -0.0903. The molecule has 3 aromatic rings. The third-order valence-corrected chi connectivity index (χ3v) is 5.44. The van der Waals surface area contributed by atoms with Crippen molar-refractivity contribution in [2.24, 2.45) is 0 Å². The van der Waals surface area contributed by atoms with Crippen molar-refractivity contribution in [3.05, 3.63) is 65.2 Å². The Balaban J connectivity index is 1.45. The molecule has 6 heteroatoms. The van der Waals surface area contributed by atoms with Crippen molar-refractivity contribution in [1.29, 1.82) is 0 Å². The summed E-state index contributed by atoms with van der Waals surface area (Å²) in [4.78, 5) is 30.5. The maximum absolute atomic E-state index is 12.5. The van der Waals surface area contributed by atoms with Crippen molar-refractivity contribution in [2.75, 3.05) is 16.8 Å². The fourth-order valence-corrected chi connectivity index (χ4v) is 3.85. The van der Waals surface area contributed by atoms with Crippen LogP contribution in [0.1, 0.15) is 28.9 Å². The minimum absolute atomic E-state index is 0.151. The molecule has 27 heavy (non-hydrogen) atoms. The molecule has 0 bridgehead atoms. The molecule has 136 valence electrons. The van der Waals surface area contributed by atoms with E-state index in [2.05, 4.69) is 10.3 Å². The highest BCUT2D eigenvalue weighted by Crippen LogP contribution is 2.26. The number of amides is 2. The van der Waals surface area contributed by atoms with Crippen LogP contribution in [0.15, 0.2) is 53.9 Å². The van der Waals surface area contributed by atoms with Crippen LogP contribution in [0.4, 0.5) is 11.4 Å². The van der Waals surface area contributed by atoms with Gasteiger partial charge < -0.3 is 10.2 Å². The van der Waals surface area contributed by atoms with Crippen LogP contribution in [-0.4, -0.2) is 23.3 Å². The first-order valence-electron chi connectivity index (χ1n) is 8.84. The average Bonchev–Trinajstić information content (AvgIpc) is 3.32. The van der Waals surface area contributed by atoms with Crippen molar-refractivity contribution in [3.8, 4) is 10.6 Å². The largest absolute Gasteiger partial charge is 0.321 e. The highest BCUT2D eigenvalue weighted by Gasteiger charge is 2.21. The van der Waals surface area contributed by atoms with E-state index >= 15 is 0 Å². The van der Waals surface area contributed by atoms with Crippen LogP contribution >= 0.6 is 11.3 Å². The molecule has 0 saturated carbocycles. The normalized spacial score (nSPS) is 13.8. The Morgan fingerprint density at radius 2 is 1.85 bits per heavy atom. The molecule has 4 rings (SSSR count). The molecule has 0 atom stereocenters. The fraction of sp³-hybridized carbons (Fsp3) is 0.190. The number of aryl methyl sites for hydroxylation is 1. The van der Waals surface area contributed by atoms with E-state index < -0.39 is 0 Å². The zero-order chi connectivity index (χ0) is 18.8. The number of nitrogens with zero attached hydrogens (tertiary/aromatic N) is 2. The van der Waals surface area contributed by atoms with Gasteiger partial charge in [0.15, 0.2) is 0 Å². The molecule has 1 N–H and O–H groups in total. The molecular formula is C21H19N3O2S. The highest BCUT2D eigenvalue weighted by molar-refractivity contribution is 7.13.